The maximum absolute atomic E-state index is 12.7. The fourth-order valence-electron chi connectivity index (χ4n) is 2.10. The maximum atomic E-state index is 12.7. The van der Waals surface area contributed by atoms with E-state index in [9.17, 15) is 13.2 Å². The van der Waals surface area contributed by atoms with Crippen molar-refractivity contribution in [3.8, 4) is 0 Å². The molecule has 4 nitrogen and oxygen atoms in total. The molecule has 1 unspecified atom stereocenters. The summed E-state index contributed by atoms with van der Waals surface area (Å²) in [4.78, 5) is 7.81. The minimum Gasteiger partial charge on any atom is -0.357 e. The molecule has 1 aliphatic heterocycles. The van der Waals surface area contributed by atoms with Crippen LogP contribution in [0.15, 0.2) is 17.6 Å². The van der Waals surface area contributed by atoms with Crippen molar-refractivity contribution in [2.75, 3.05) is 39.3 Å². The summed E-state index contributed by atoms with van der Waals surface area (Å²) in [6.07, 6.45) is -2.47. The summed E-state index contributed by atoms with van der Waals surface area (Å²) >= 11 is 0. The van der Waals surface area contributed by atoms with Gasteiger partial charge in [-0.25, -0.2) is 4.99 Å². The molecule has 1 atom stereocenters. The Labute approximate surface area is 118 Å². The minimum absolute atomic E-state index is 0.388. The van der Waals surface area contributed by atoms with Crippen molar-refractivity contribution in [2.24, 2.45) is 4.99 Å². The Hall–Kier alpha value is -1.24. The molecular weight excluding hydrogens is 269 g/mol. The largest absolute Gasteiger partial charge is 0.403 e. The number of nitrogens with zero attached hydrogens (tertiary/aromatic N) is 3. The third-order valence-corrected chi connectivity index (χ3v) is 3.34. The van der Waals surface area contributed by atoms with Crippen molar-refractivity contribution >= 4 is 5.96 Å². The zero-order valence-electron chi connectivity index (χ0n) is 12.1. The molecule has 0 saturated carbocycles. The second-order valence-electron chi connectivity index (χ2n) is 4.72. The smallest absolute Gasteiger partial charge is 0.357 e. The number of piperazine rings is 1. The van der Waals surface area contributed by atoms with E-state index >= 15 is 0 Å². The lowest BCUT2D eigenvalue weighted by molar-refractivity contribution is -0.181. The Kier molecular flexibility index (Phi) is 6.32. The molecule has 1 saturated heterocycles. The predicted molar refractivity (Wildman–Crippen MR) is 74.8 cm³/mol. The summed E-state index contributed by atoms with van der Waals surface area (Å²) in [6, 6.07) is -1.39. The number of hydrogen-bond acceptors (Lipinski definition) is 2. The van der Waals surface area contributed by atoms with Crippen LogP contribution in [0.2, 0.25) is 0 Å². The Morgan fingerprint density at radius 2 is 1.95 bits per heavy atom. The standard InChI is InChI=1S/C13H23F3N4/c1-4-6-18-12(17-5-2)20-9-7-19(8-10-20)11(3)13(14,15)16/h4,11H,1,5-10H2,2-3H3,(H,17,18). The van der Waals surface area contributed by atoms with Gasteiger partial charge in [0.1, 0.15) is 6.04 Å². The van der Waals surface area contributed by atoms with Crippen molar-refractivity contribution in [2.45, 2.75) is 26.1 Å². The van der Waals surface area contributed by atoms with Crippen molar-refractivity contribution < 1.29 is 13.2 Å². The second kappa shape index (κ2) is 7.52. The molecule has 0 bridgehead atoms. The summed E-state index contributed by atoms with van der Waals surface area (Å²) < 4.78 is 38.0. The van der Waals surface area contributed by atoms with E-state index in [4.69, 9.17) is 0 Å². The Bertz CT molecular complexity index is 333. The lowest BCUT2D eigenvalue weighted by Crippen LogP contribution is -2.56. The first-order valence-corrected chi connectivity index (χ1v) is 6.85. The fourth-order valence-corrected chi connectivity index (χ4v) is 2.10. The second-order valence-corrected chi connectivity index (χ2v) is 4.72. The number of halogens is 3. The third kappa shape index (κ3) is 4.70. The van der Waals surface area contributed by atoms with Crippen LogP contribution in [-0.4, -0.2) is 67.2 Å². The van der Waals surface area contributed by atoms with Crippen LogP contribution in [-0.2, 0) is 0 Å². The molecule has 1 heterocycles. The van der Waals surface area contributed by atoms with Crippen LogP contribution in [0, 0.1) is 0 Å². The number of rotatable bonds is 4. The van der Waals surface area contributed by atoms with E-state index in [0.29, 0.717) is 32.7 Å². The van der Waals surface area contributed by atoms with Crippen LogP contribution in [0.25, 0.3) is 0 Å². The lowest BCUT2D eigenvalue weighted by atomic mass is 10.2. The fraction of sp³-hybridized carbons (Fsp3) is 0.769. The van der Waals surface area contributed by atoms with Gasteiger partial charge in [0, 0.05) is 32.7 Å². The number of guanidine groups is 1. The lowest BCUT2D eigenvalue weighted by Gasteiger charge is -2.39. The van der Waals surface area contributed by atoms with E-state index in [-0.39, 0.29) is 0 Å². The molecule has 0 amide bonds. The van der Waals surface area contributed by atoms with E-state index in [1.807, 2.05) is 11.8 Å². The molecule has 1 rings (SSSR count). The van der Waals surface area contributed by atoms with Gasteiger partial charge in [-0.3, -0.25) is 4.90 Å². The van der Waals surface area contributed by atoms with Gasteiger partial charge in [0.25, 0.3) is 0 Å². The SMILES string of the molecule is C=CCN=C(NCC)N1CCN(C(C)C(F)(F)F)CC1. The molecular formula is C13H23F3N4. The third-order valence-electron chi connectivity index (χ3n) is 3.34. The molecule has 0 aromatic heterocycles. The molecule has 0 aromatic rings. The van der Waals surface area contributed by atoms with Crippen molar-refractivity contribution in [3.63, 3.8) is 0 Å². The highest BCUT2D eigenvalue weighted by molar-refractivity contribution is 5.80. The maximum Gasteiger partial charge on any atom is 0.403 e. The first-order valence-electron chi connectivity index (χ1n) is 6.85. The van der Waals surface area contributed by atoms with Gasteiger partial charge in [-0.2, -0.15) is 13.2 Å². The van der Waals surface area contributed by atoms with Crippen LogP contribution >= 0.6 is 0 Å². The monoisotopic (exact) mass is 292 g/mol. The molecule has 116 valence electrons. The van der Waals surface area contributed by atoms with Gasteiger partial charge in [-0.15, -0.1) is 6.58 Å². The molecule has 20 heavy (non-hydrogen) atoms. The van der Waals surface area contributed by atoms with Crippen LogP contribution < -0.4 is 5.32 Å². The number of nitrogens with one attached hydrogen (secondary N) is 1. The van der Waals surface area contributed by atoms with Gasteiger partial charge in [0.15, 0.2) is 5.96 Å². The van der Waals surface area contributed by atoms with Crippen molar-refractivity contribution in [1.29, 1.82) is 0 Å². The quantitative estimate of drug-likeness (QED) is 0.486. The van der Waals surface area contributed by atoms with E-state index < -0.39 is 12.2 Å². The highest BCUT2D eigenvalue weighted by Gasteiger charge is 2.40. The average molecular weight is 292 g/mol. The highest BCUT2D eigenvalue weighted by Crippen LogP contribution is 2.25. The zero-order chi connectivity index (χ0) is 15.2. The van der Waals surface area contributed by atoms with Crippen LogP contribution in [0.3, 0.4) is 0 Å². The molecule has 1 fully saturated rings. The van der Waals surface area contributed by atoms with Crippen molar-refractivity contribution in [3.05, 3.63) is 12.7 Å². The number of hydrogen-bond donors (Lipinski definition) is 1. The number of aliphatic imine (C=N–C) groups is 1. The Balaban J connectivity index is 2.57. The zero-order valence-corrected chi connectivity index (χ0v) is 12.1. The summed E-state index contributed by atoms with van der Waals surface area (Å²) in [5.74, 6) is 0.742. The average Bonchev–Trinajstić information content (AvgIpc) is 2.42. The van der Waals surface area contributed by atoms with Gasteiger partial charge >= 0.3 is 6.18 Å². The van der Waals surface area contributed by atoms with Crippen LogP contribution in [0.5, 0.6) is 0 Å². The summed E-state index contributed by atoms with van der Waals surface area (Å²) in [5.41, 5.74) is 0. The van der Waals surface area contributed by atoms with Gasteiger partial charge in [-0.05, 0) is 13.8 Å². The summed E-state index contributed by atoms with van der Waals surface area (Å²) in [5, 5.41) is 3.15. The molecule has 0 spiro atoms. The van der Waals surface area contributed by atoms with Gasteiger partial charge in [0.2, 0.25) is 0 Å². The van der Waals surface area contributed by atoms with E-state index in [0.717, 1.165) is 12.5 Å². The summed E-state index contributed by atoms with van der Waals surface area (Å²) in [6.45, 7) is 9.89. The molecule has 7 heteroatoms. The molecule has 1 N–H and O–H groups in total. The Morgan fingerprint density at radius 3 is 2.40 bits per heavy atom. The van der Waals surface area contributed by atoms with E-state index in [2.05, 4.69) is 16.9 Å². The Morgan fingerprint density at radius 1 is 1.35 bits per heavy atom. The topological polar surface area (TPSA) is 30.9 Å². The first-order chi connectivity index (χ1) is 9.40. The van der Waals surface area contributed by atoms with Gasteiger partial charge in [-0.1, -0.05) is 6.08 Å². The van der Waals surface area contributed by atoms with Gasteiger partial charge < -0.3 is 10.2 Å². The molecule has 0 aromatic carbocycles. The molecule has 0 radical (unpaired) electrons. The number of alkyl halides is 3. The predicted octanol–water partition coefficient (Wildman–Crippen LogP) is 1.71. The minimum atomic E-state index is -4.16. The van der Waals surface area contributed by atoms with Crippen LogP contribution in [0.1, 0.15) is 13.8 Å². The molecule has 1 aliphatic rings. The first kappa shape index (κ1) is 16.8. The van der Waals surface area contributed by atoms with Crippen molar-refractivity contribution in [1.82, 2.24) is 15.1 Å². The molecule has 0 aliphatic carbocycles. The van der Waals surface area contributed by atoms with E-state index in [1.165, 1.54) is 11.8 Å². The van der Waals surface area contributed by atoms with E-state index in [1.54, 1.807) is 6.08 Å². The highest BCUT2D eigenvalue weighted by atomic mass is 19.4. The van der Waals surface area contributed by atoms with Crippen LogP contribution in [0.4, 0.5) is 13.2 Å². The summed E-state index contributed by atoms with van der Waals surface area (Å²) in [7, 11) is 0. The van der Waals surface area contributed by atoms with Gasteiger partial charge in [0.05, 0.1) is 6.54 Å². The normalized spacial score (nSPS) is 19.9.